The second-order valence-corrected chi connectivity index (χ2v) is 8.07. The zero-order valence-corrected chi connectivity index (χ0v) is 16.3. The third kappa shape index (κ3) is 5.41. The summed E-state index contributed by atoms with van der Waals surface area (Å²) in [5.74, 6) is 0.833. The molecule has 2 heterocycles. The molecule has 0 saturated carbocycles. The van der Waals surface area contributed by atoms with Crippen molar-refractivity contribution in [2.45, 2.75) is 26.2 Å². The van der Waals surface area contributed by atoms with E-state index in [2.05, 4.69) is 14.7 Å². The predicted molar refractivity (Wildman–Crippen MR) is 105 cm³/mol. The van der Waals surface area contributed by atoms with Crippen LogP contribution in [-0.4, -0.2) is 67.9 Å². The van der Waals surface area contributed by atoms with E-state index in [-0.39, 0.29) is 11.6 Å². The molecule has 0 aromatic heterocycles. The molecule has 0 radical (unpaired) electrons. The van der Waals surface area contributed by atoms with Gasteiger partial charge in [0.1, 0.15) is 11.6 Å². The van der Waals surface area contributed by atoms with Gasteiger partial charge in [-0.1, -0.05) is 11.6 Å². The zero-order chi connectivity index (χ0) is 18.5. The van der Waals surface area contributed by atoms with Gasteiger partial charge in [-0.3, -0.25) is 14.6 Å². The molecule has 0 spiro atoms. The molecule has 0 unspecified atom stereocenters. The van der Waals surface area contributed by atoms with E-state index >= 15 is 0 Å². The molecule has 1 aromatic carbocycles. The fraction of sp³-hybridized carbons (Fsp3) is 0.650. The first kappa shape index (κ1) is 19.6. The average Bonchev–Trinajstić information content (AvgIpc) is 2.63. The van der Waals surface area contributed by atoms with Crippen molar-refractivity contribution in [3.8, 4) is 0 Å². The Bertz CT molecular complexity index is 611. The number of likely N-dealkylation sites (tertiary alicyclic amines) is 1. The molecule has 0 N–H and O–H groups in total. The predicted octanol–water partition coefficient (Wildman–Crippen LogP) is 3.29. The minimum atomic E-state index is -0.194. The number of ketones is 1. The van der Waals surface area contributed by atoms with Crippen LogP contribution in [0.15, 0.2) is 18.2 Å². The highest BCUT2D eigenvalue weighted by molar-refractivity contribution is 6.30. The Morgan fingerprint density at radius 2 is 1.81 bits per heavy atom. The molecule has 2 fully saturated rings. The number of benzene rings is 1. The van der Waals surface area contributed by atoms with Crippen molar-refractivity contribution < 1.29 is 9.18 Å². The molecule has 26 heavy (non-hydrogen) atoms. The number of piperazine rings is 1. The largest absolute Gasteiger partial charge is 0.367 e. The van der Waals surface area contributed by atoms with Gasteiger partial charge in [0.15, 0.2) is 0 Å². The lowest BCUT2D eigenvalue weighted by Gasteiger charge is -2.37. The normalized spacial score (nSPS) is 20.5. The van der Waals surface area contributed by atoms with Crippen molar-refractivity contribution in [3.63, 3.8) is 0 Å². The number of Topliss-reactive ketones (excluding diaryl/α,β-unsaturated/α-hetero) is 1. The van der Waals surface area contributed by atoms with Gasteiger partial charge in [0.25, 0.3) is 0 Å². The smallest absolute Gasteiger partial charge is 0.146 e. The Morgan fingerprint density at radius 1 is 1.12 bits per heavy atom. The van der Waals surface area contributed by atoms with E-state index in [1.807, 2.05) is 0 Å². The molecular weight excluding hydrogens is 353 g/mol. The fourth-order valence-electron chi connectivity index (χ4n) is 4.05. The first-order valence-electron chi connectivity index (χ1n) is 9.65. The number of rotatable bonds is 6. The van der Waals surface area contributed by atoms with Crippen LogP contribution in [0, 0.1) is 11.7 Å². The number of piperidine rings is 1. The van der Waals surface area contributed by atoms with Crippen LogP contribution in [0.4, 0.5) is 10.1 Å². The summed E-state index contributed by atoms with van der Waals surface area (Å²) in [4.78, 5) is 18.1. The number of halogens is 2. The van der Waals surface area contributed by atoms with Crippen molar-refractivity contribution in [1.29, 1.82) is 0 Å². The van der Waals surface area contributed by atoms with Crippen molar-refractivity contribution in [3.05, 3.63) is 29.0 Å². The van der Waals surface area contributed by atoms with Crippen LogP contribution in [0.2, 0.25) is 5.02 Å². The van der Waals surface area contributed by atoms with E-state index in [1.165, 1.54) is 25.3 Å². The third-order valence-corrected chi connectivity index (χ3v) is 5.86. The lowest BCUT2D eigenvalue weighted by atomic mass is 9.93. The van der Waals surface area contributed by atoms with Crippen LogP contribution in [0.1, 0.15) is 26.2 Å². The maximum atomic E-state index is 14.0. The molecule has 6 heteroatoms. The minimum Gasteiger partial charge on any atom is -0.367 e. The van der Waals surface area contributed by atoms with Gasteiger partial charge in [0, 0.05) is 31.2 Å². The zero-order valence-electron chi connectivity index (χ0n) is 15.6. The van der Waals surface area contributed by atoms with Crippen molar-refractivity contribution in [1.82, 2.24) is 9.80 Å². The summed E-state index contributed by atoms with van der Waals surface area (Å²) < 4.78 is 14.0. The fourth-order valence-corrected chi connectivity index (χ4v) is 4.22. The molecule has 1 aromatic rings. The number of nitrogens with zero attached hydrogens (tertiary/aromatic N) is 3. The van der Waals surface area contributed by atoms with E-state index in [4.69, 9.17) is 11.6 Å². The van der Waals surface area contributed by atoms with Gasteiger partial charge in [-0.2, -0.15) is 0 Å². The summed E-state index contributed by atoms with van der Waals surface area (Å²) in [7, 11) is 0. The molecule has 0 bridgehead atoms. The molecule has 2 saturated heterocycles. The Balaban J connectivity index is 1.38. The summed E-state index contributed by atoms with van der Waals surface area (Å²) in [5.41, 5.74) is 0.620. The Kier molecular flexibility index (Phi) is 6.90. The highest BCUT2D eigenvalue weighted by atomic mass is 35.5. The number of carbonyl (C=O) groups is 1. The van der Waals surface area contributed by atoms with Gasteiger partial charge < -0.3 is 4.90 Å². The van der Waals surface area contributed by atoms with E-state index in [1.54, 1.807) is 19.1 Å². The van der Waals surface area contributed by atoms with Crippen LogP contribution in [0.25, 0.3) is 0 Å². The monoisotopic (exact) mass is 381 g/mol. The minimum absolute atomic E-state index is 0.194. The molecule has 3 rings (SSSR count). The van der Waals surface area contributed by atoms with Gasteiger partial charge in [-0.05, 0) is 69.9 Å². The van der Waals surface area contributed by atoms with Crippen LogP contribution in [-0.2, 0) is 4.79 Å². The molecule has 2 aliphatic heterocycles. The number of anilines is 1. The summed E-state index contributed by atoms with van der Waals surface area (Å²) in [6.45, 7) is 9.10. The molecule has 0 aliphatic carbocycles. The van der Waals surface area contributed by atoms with Crippen LogP contribution in [0.3, 0.4) is 0 Å². The van der Waals surface area contributed by atoms with Gasteiger partial charge in [-0.15, -0.1) is 0 Å². The number of hydrogen-bond donors (Lipinski definition) is 0. The van der Waals surface area contributed by atoms with Crippen LogP contribution >= 0.6 is 11.6 Å². The maximum absolute atomic E-state index is 14.0. The van der Waals surface area contributed by atoms with Gasteiger partial charge in [0.05, 0.1) is 12.2 Å². The highest BCUT2D eigenvalue weighted by Gasteiger charge is 2.23. The molecular formula is C20H29ClFN3O. The topological polar surface area (TPSA) is 26.8 Å². The molecule has 4 nitrogen and oxygen atoms in total. The third-order valence-electron chi connectivity index (χ3n) is 5.63. The van der Waals surface area contributed by atoms with Gasteiger partial charge >= 0.3 is 0 Å². The number of carbonyl (C=O) groups excluding carboxylic acids is 1. The van der Waals surface area contributed by atoms with Crippen molar-refractivity contribution in [2.75, 3.05) is 57.3 Å². The van der Waals surface area contributed by atoms with Crippen LogP contribution < -0.4 is 4.90 Å². The quantitative estimate of drug-likeness (QED) is 0.755. The second kappa shape index (κ2) is 9.16. The van der Waals surface area contributed by atoms with Gasteiger partial charge in [-0.25, -0.2) is 4.39 Å². The van der Waals surface area contributed by atoms with E-state index < -0.39 is 0 Å². The standard InChI is InChI=1S/C20H29ClFN3O/c1-16(26)15-24-8-5-17(6-9-24)4-7-23-10-12-25(13-11-23)20-14-18(21)2-3-19(20)22/h2-3,14,17H,4-13,15H2,1H3. The van der Waals surface area contributed by atoms with Crippen molar-refractivity contribution in [2.24, 2.45) is 5.92 Å². The molecule has 0 amide bonds. The summed E-state index contributed by atoms with van der Waals surface area (Å²) in [6.07, 6.45) is 3.61. The van der Waals surface area contributed by atoms with E-state index in [9.17, 15) is 9.18 Å². The first-order chi connectivity index (χ1) is 12.5. The van der Waals surface area contributed by atoms with Crippen molar-refractivity contribution >= 4 is 23.1 Å². The summed E-state index contributed by atoms with van der Waals surface area (Å²) >= 11 is 6.01. The van der Waals surface area contributed by atoms with Crippen LogP contribution in [0.5, 0.6) is 0 Å². The Labute approximate surface area is 160 Å². The average molecular weight is 382 g/mol. The SMILES string of the molecule is CC(=O)CN1CCC(CCN2CCN(c3cc(Cl)ccc3F)CC2)CC1. The molecule has 144 valence electrons. The number of hydrogen-bond acceptors (Lipinski definition) is 4. The Morgan fingerprint density at radius 3 is 2.46 bits per heavy atom. The van der Waals surface area contributed by atoms with E-state index in [0.29, 0.717) is 17.3 Å². The lowest BCUT2D eigenvalue weighted by Crippen LogP contribution is -2.47. The maximum Gasteiger partial charge on any atom is 0.146 e. The van der Waals surface area contributed by atoms with E-state index in [0.717, 1.165) is 51.7 Å². The lowest BCUT2D eigenvalue weighted by molar-refractivity contribution is -0.118. The van der Waals surface area contributed by atoms with Gasteiger partial charge in [0.2, 0.25) is 0 Å². The Hall–Kier alpha value is -1.17. The first-order valence-corrected chi connectivity index (χ1v) is 10.0. The second-order valence-electron chi connectivity index (χ2n) is 7.63. The summed E-state index contributed by atoms with van der Waals surface area (Å²) in [6, 6.07) is 4.77. The highest BCUT2D eigenvalue weighted by Crippen LogP contribution is 2.25. The summed E-state index contributed by atoms with van der Waals surface area (Å²) in [5, 5.41) is 0.583. The molecule has 2 aliphatic rings. The molecule has 0 atom stereocenters.